The standard InChI is InChI=1S/C10H14N2O3S/c1-6(10(14)15)5-12-9(13)8(11)7-3-2-4-16-7/h2-4,6,8H,5,11H2,1H3,(H,12,13)(H,14,15). The monoisotopic (exact) mass is 242 g/mol. The number of nitrogens with one attached hydrogen (secondary N) is 1. The van der Waals surface area contributed by atoms with Crippen molar-refractivity contribution in [2.24, 2.45) is 11.7 Å². The largest absolute Gasteiger partial charge is 0.481 e. The van der Waals surface area contributed by atoms with E-state index >= 15 is 0 Å². The highest BCUT2D eigenvalue weighted by atomic mass is 32.1. The van der Waals surface area contributed by atoms with Gasteiger partial charge >= 0.3 is 5.97 Å². The van der Waals surface area contributed by atoms with Crippen molar-refractivity contribution in [1.82, 2.24) is 5.32 Å². The summed E-state index contributed by atoms with van der Waals surface area (Å²) >= 11 is 1.40. The summed E-state index contributed by atoms with van der Waals surface area (Å²) < 4.78 is 0. The first-order valence-corrected chi connectivity index (χ1v) is 5.70. The van der Waals surface area contributed by atoms with Gasteiger partial charge in [0.25, 0.3) is 0 Å². The SMILES string of the molecule is CC(CNC(=O)C(N)c1cccs1)C(=O)O. The predicted octanol–water partition coefficient (Wildman–Crippen LogP) is 0.585. The van der Waals surface area contributed by atoms with Crippen LogP contribution in [0.25, 0.3) is 0 Å². The molecule has 1 heterocycles. The van der Waals surface area contributed by atoms with E-state index in [2.05, 4.69) is 5.32 Å². The summed E-state index contributed by atoms with van der Waals surface area (Å²) in [7, 11) is 0. The van der Waals surface area contributed by atoms with Crippen molar-refractivity contribution in [3.63, 3.8) is 0 Å². The summed E-state index contributed by atoms with van der Waals surface area (Å²) in [5.74, 6) is -1.90. The molecule has 0 saturated carbocycles. The summed E-state index contributed by atoms with van der Waals surface area (Å²) in [4.78, 5) is 22.8. The van der Waals surface area contributed by atoms with Crippen molar-refractivity contribution in [3.05, 3.63) is 22.4 Å². The lowest BCUT2D eigenvalue weighted by atomic mass is 10.1. The fourth-order valence-corrected chi connectivity index (χ4v) is 1.77. The minimum atomic E-state index is -0.940. The van der Waals surface area contributed by atoms with Gasteiger partial charge in [0, 0.05) is 11.4 Å². The van der Waals surface area contributed by atoms with Crippen molar-refractivity contribution in [2.75, 3.05) is 6.54 Å². The molecule has 0 aliphatic heterocycles. The maximum Gasteiger partial charge on any atom is 0.308 e. The zero-order valence-corrected chi connectivity index (χ0v) is 9.66. The molecule has 4 N–H and O–H groups in total. The summed E-state index contributed by atoms with van der Waals surface area (Å²) in [5.41, 5.74) is 5.70. The Labute approximate surface area is 97.3 Å². The fourth-order valence-electron chi connectivity index (χ4n) is 1.05. The summed E-state index contributed by atoms with van der Waals surface area (Å²) in [5, 5.41) is 13.0. The second kappa shape index (κ2) is 5.62. The number of aliphatic carboxylic acids is 1. The highest BCUT2D eigenvalue weighted by Gasteiger charge is 2.18. The number of carboxylic acids is 1. The molecule has 0 radical (unpaired) electrons. The van der Waals surface area contributed by atoms with Crippen LogP contribution in [0.4, 0.5) is 0 Å². The molecule has 0 saturated heterocycles. The Kier molecular flexibility index (Phi) is 4.45. The molecular weight excluding hydrogens is 228 g/mol. The molecule has 0 spiro atoms. The minimum Gasteiger partial charge on any atom is -0.481 e. The van der Waals surface area contributed by atoms with Crippen LogP contribution < -0.4 is 11.1 Å². The first-order chi connectivity index (χ1) is 7.52. The van der Waals surface area contributed by atoms with Gasteiger partial charge in [-0.2, -0.15) is 0 Å². The van der Waals surface area contributed by atoms with Gasteiger partial charge in [0.1, 0.15) is 6.04 Å². The Balaban J connectivity index is 2.44. The summed E-state index contributed by atoms with van der Waals surface area (Å²) in [6, 6.07) is 2.86. The van der Waals surface area contributed by atoms with E-state index in [9.17, 15) is 9.59 Å². The van der Waals surface area contributed by atoms with Crippen molar-refractivity contribution >= 4 is 23.2 Å². The molecule has 0 fully saturated rings. The zero-order chi connectivity index (χ0) is 12.1. The van der Waals surface area contributed by atoms with Gasteiger partial charge in [0.2, 0.25) is 5.91 Å². The third-order valence-electron chi connectivity index (χ3n) is 2.14. The van der Waals surface area contributed by atoms with E-state index in [0.29, 0.717) is 0 Å². The lowest BCUT2D eigenvalue weighted by molar-refractivity contribution is -0.141. The highest BCUT2D eigenvalue weighted by molar-refractivity contribution is 7.10. The Morgan fingerprint density at radius 2 is 2.31 bits per heavy atom. The molecule has 16 heavy (non-hydrogen) atoms. The first kappa shape index (κ1) is 12.7. The number of carbonyl (C=O) groups excluding carboxylic acids is 1. The second-order valence-electron chi connectivity index (χ2n) is 3.48. The molecule has 6 heteroatoms. The Hall–Kier alpha value is -1.40. The quantitative estimate of drug-likeness (QED) is 0.704. The van der Waals surface area contributed by atoms with E-state index in [1.165, 1.54) is 18.3 Å². The van der Waals surface area contributed by atoms with E-state index in [0.717, 1.165) is 4.88 Å². The van der Waals surface area contributed by atoms with Crippen LogP contribution in [0.15, 0.2) is 17.5 Å². The van der Waals surface area contributed by atoms with Crippen molar-refractivity contribution in [3.8, 4) is 0 Å². The summed E-state index contributed by atoms with van der Waals surface area (Å²) in [6.45, 7) is 1.62. The number of hydrogen-bond donors (Lipinski definition) is 3. The van der Waals surface area contributed by atoms with Gasteiger partial charge in [0.05, 0.1) is 5.92 Å². The number of thiophene rings is 1. The van der Waals surface area contributed by atoms with Crippen LogP contribution in [0.2, 0.25) is 0 Å². The van der Waals surface area contributed by atoms with Gasteiger partial charge in [-0.25, -0.2) is 0 Å². The second-order valence-corrected chi connectivity index (χ2v) is 4.46. The number of rotatable bonds is 5. The Morgan fingerprint density at radius 1 is 1.62 bits per heavy atom. The smallest absolute Gasteiger partial charge is 0.308 e. The van der Waals surface area contributed by atoms with Crippen molar-refractivity contribution < 1.29 is 14.7 Å². The number of carboxylic acid groups (broad SMARTS) is 1. The third-order valence-corrected chi connectivity index (χ3v) is 3.09. The molecular formula is C10H14N2O3S. The van der Waals surface area contributed by atoms with Crippen LogP contribution in [-0.4, -0.2) is 23.5 Å². The van der Waals surface area contributed by atoms with Gasteiger partial charge < -0.3 is 16.2 Å². The minimum absolute atomic E-state index is 0.0905. The fraction of sp³-hybridized carbons (Fsp3) is 0.400. The van der Waals surface area contributed by atoms with Crippen LogP contribution in [0.5, 0.6) is 0 Å². The molecule has 0 aromatic carbocycles. The van der Waals surface area contributed by atoms with Crippen molar-refractivity contribution in [2.45, 2.75) is 13.0 Å². The molecule has 5 nitrogen and oxygen atoms in total. The lowest BCUT2D eigenvalue weighted by Crippen LogP contribution is -2.37. The number of hydrogen-bond acceptors (Lipinski definition) is 4. The Morgan fingerprint density at radius 3 is 2.81 bits per heavy atom. The van der Waals surface area contributed by atoms with Crippen LogP contribution >= 0.6 is 11.3 Å². The van der Waals surface area contributed by atoms with E-state index in [1.54, 1.807) is 6.07 Å². The van der Waals surface area contributed by atoms with Crippen molar-refractivity contribution in [1.29, 1.82) is 0 Å². The van der Waals surface area contributed by atoms with Crippen LogP contribution in [0, 0.1) is 5.92 Å². The molecule has 0 aliphatic carbocycles. The molecule has 1 aromatic heterocycles. The molecule has 0 aliphatic rings. The average molecular weight is 242 g/mol. The molecule has 2 unspecified atom stereocenters. The van der Waals surface area contributed by atoms with Gasteiger partial charge in [-0.1, -0.05) is 13.0 Å². The number of carbonyl (C=O) groups is 2. The van der Waals surface area contributed by atoms with Gasteiger partial charge in [-0.05, 0) is 11.4 Å². The molecule has 0 bridgehead atoms. The molecule has 88 valence electrons. The van der Waals surface area contributed by atoms with Gasteiger partial charge in [-0.3, -0.25) is 9.59 Å². The predicted molar refractivity (Wildman–Crippen MR) is 61.1 cm³/mol. The van der Waals surface area contributed by atoms with E-state index in [-0.39, 0.29) is 12.5 Å². The average Bonchev–Trinajstić information content (AvgIpc) is 2.77. The maximum absolute atomic E-state index is 11.5. The topological polar surface area (TPSA) is 92.4 Å². The maximum atomic E-state index is 11.5. The van der Waals surface area contributed by atoms with Crippen LogP contribution in [-0.2, 0) is 9.59 Å². The van der Waals surface area contributed by atoms with E-state index in [1.807, 2.05) is 11.4 Å². The van der Waals surface area contributed by atoms with Crippen LogP contribution in [0.1, 0.15) is 17.8 Å². The molecule has 1 rings (SSSR count). The zero-order valence-electron chi connectivity index (χ0n) is 8.84. The number of amides is 1. The van der Waals surface area contributed by atoms with E-state index < -0.39 is 17.9 Å². The molecule has 2 atom stereocenters. The Bertz CT molecular complexity index is 364. The normalized spacial score (nSPS) is 14.1. The third kappa shape index (κ3) is 3.32. The first-order valence-electron chi connectivity index (χ1n) is 4.82. The molecule has 1 aromatic rings. The van der Waals surface area contributed by atoms with Crippen LogP contribution in [0.3, 0.4) is 0 Å². The number of nitrogens with two attached hydrogens (primary N) is 1. The summed E-state index contributed by atoms with van der Waals surface area (Å²) in [6.07, 6.45) is 0. The van der Waals surface area contributed by atoms with E-state index in [4.69, 9.17) is 10.8 Å². The van der Waals surface area contributed by atoms with Gasteiger partial charge in [0.15, 0.2) is 0 Å². The highest BCUT2D eigenvalue weighted by Crippen LogP contribution is 2.16. The van der Waals surface area contributed by atoms with Gasteiger partial charge in [-0.15, -0.1) is 11.3 Å². The molecule has 1 amide bonds. The lowest BCUT2D eigenvalue weighted by Gasteiger charge is -2.12.